The van der Waals surface area contributed by atoms with E-state index in [4.69, 9.17) is 33.1 Å². The number of amides is 13. The number of aliphatic hydroxyl groups is 3. The first-order valence-electron chi connectivity index (χ1n) is 31.5. The monoisotopic (exact) mass is 1390 g/mol. The summed E-state index contributed by atoms with van der Waals surface area (Å²) < 4.78 is 0. The van der Waals surface area contributed by atoms with E-state index in [1.165, 1.54) is 11.8 Å². The van der Waals surface area contributed by atoms with Gasteiger partial charge in [0.25, 0.3) is 0 Å². The molecule has 1 aromatic carbocycles. The van der Waals surface area contributed by atoms with Crippen LogP contribution in [0.5, 0.6) is 0 Å². The summed E-state index contributed by atoms with van der Waals surface area (Å²) >= 11 is 1.75. The molecule has 1 aromatic rings. The number of hydrogen-bond acceptors (Lipinski definition) is 20. The van der Waals surface area contributed by atoms with Crippen LogP contribution in [-0.2, 0) is 68.7 Å². The van der Waals surface area contributed by atoms with Crippen molar-refractivity contribution in [3.63, 3.8) is 0 Å². The van der Waals surface area contributed by atoms with E-state index < -0.39 is 177 Å². The summed E-state index contributed by atoms with van der Waals surface area (Å²) in [5, 5.41) is 79.2. The summed E-state index contributed by atoms with van der Waals surface area (Å²) in [6.45, 7) is -1.37. The number of aliphatic imine (C=N–C) groups is 2. The molecule has 13 amide bonds. The fraction of sp³-hybridized carbons (Fsp3) is 0.621. The number of nitrogens with two attached hydrogens (primary N) is 4. The maximum absolute atomic E-state index is 14.4. The second-order valence-corrected chi connectivity index (χ2v) is 24.5. The number of nitrogens with zero attached hydrogens (tertiary/aromatic N) is 3. The van der Waals surface area contributed by atoms with Crippen LogP contribution in [0.1, 0.15) is 96.5 Å². The Morgan fingerprint density at radius 2 is 1.19 bits per heavy atom. The molecular formula is C58H91N19O19S. The first-order chi connectivity index (χ1) is 46.0. The quantitative estimate of drug-likeness (QED) is 0.0125. The van der Waals surface area contributed by atoms with Crippen LogP contribution in [0.2, 0.25) is 0 Å². The van der Waals surface area contributed by atoms with Gasteiger partial charge in [-0.2, -0.15) is 11.8 Å². The molecule has 0 radical (unpaired) electrons. The number of fused-ring (bicyclic) bond motifs is 1. The molecule has 538 valence electrons. The average molecular weight is 1390 g/mol. The summed E-state index contributed by atoms with van der Waals surface area (Å²) in [5.74, 6) is -13.1. The van der Waals surface area contributed by atoms with Gasteiger partial charge in [-0.3, -0.25) is 72.3 Å². The molecule has 0 spiro atoms. The van der Waals surface area contributed by atoms with Crippen molar-refractivity contribution < 1.29 is 92.7 Å². The van der Waals surface area contributed by atoms with Crippen LogP contribution >= 0.6 is 11.8 Å². The number of nitrogens with one attached hydrogen (secondary N) is 12. The van der Waals surface area contributed by atoms with Crippen molar-refractivity contribution in [1.29, 1.82) is 0 Å². The van der Waals surface area contributed by atoms with Crippen LogP contribution in [0.15, 0.2) is 40.3 Å². The molecule has 4 rings (SSSR count). The van der Waals surface area contributed by atoms with Gasteiger partial charge in [0.2, 0.25) is 65.0 Å². The Labute approximate surface area is 561 Å². The Balaban J connectivity index is 1.42. The molecule has 0 saturated carbocycles. The molecule has 39 heteroatoms. The fourth-order valence-electron chi connectivity index (χ4n) is 10.5. The van der Waals surface area contributed by atoms with Crippen LogP contribution in [-0.4, -0.2) is 255 Å². The second-order valence-electron chi connectivity index (χ2n) is 23.2. The van der Waals surface area contributed by atoms with Crippen molar-refractivity contribution in [2.45, 2.75) is 175 Å². The summed E-state index contributed by atoms with van der Waals surface area (Å²) in [4.78, 5) is 193. The summed E-state index contributed by atoms with van der Waals surface area (Å²) in [6, 6.07) is -6.50. The van der Waals surface area contributed by atoms with Crippen LogP contribution < -0.4 is 86.7 Å². The van der Waals surface area contributed by atoms with E-state index in [0.29, 0.717) is 24.8 Å². The smallest absolute Gasteiger partial charge is 0.322 e. The lowest BCUT2D eigenvalue weighted by molar-refractivity contribution is -0.142. The lowest BCUT2D eigenvalue weighted by Gasteiger charge is -2.30. The van der Waals surface area contributed by atoms with E-state index in [1.54, 1.807) is 42.1 Å². The molecule has 13 atom stereocenters. The highest BCUT2D eigenvalue weighted by molar-refractivity contribution is 8.00. The van der Waals surface area contributed by atoms with Crippen molar-refractivity contribution in [2.24, 2.45) is 32.9 Å². The predicted octanol–water partition coefficient (Wildman–Crippen LogP) is -8.50. The number of thioether (sulfide) groups is 1. The van der Waals surface area contributed by atoms with Gasteiger partial charge in [-0.15, -0.1) is 0 Å². The van der Waals surface area contributed by atoms with Crippen molar-refractivity contribution in [3.05, 3.63) is 35.9 Å². The second kappa shape index (κ2) is 40.7. The third-order valence-electron chi connectivity index (χ3n) is 15.6. The van der Waals surface area contributed by atoms with Crippen LogP contribution in [0, 0.1) is 0 Å². The molecule has 38 nitrogen and oxygen atoms in total. The number of guanidine groups is 2. The molecule has 25 N–H and O–H groups in total. The summed E-state index contributed by atoms with van der Waals surface area (Å²) in [7, 11) is 0. The van der Waals surface area contributed by atoms with Crippen molar-refractivity contribution >= 4 is 107 Å². The zero-order valence-corrected chi connectivity index (χ0v) is 54.6. The van der Waals surface area contributed by atoms with Gasteiger partial charge >= 0.3 is 18.0 Å². The molecule has 13 unspecified atom stereocenters. The average Bonchev–Trinajstić information content (AvgIpc) is 1.71. The van der Waals surface area contributed by atoms with E-state index in [2.05, 4.69) is 68.5 Å². The highest BCUT2D eigenvalue weighted by Gasteiger charge is 2.43. The lowest BCUT2D eigenvalue weighted by atomic mass is 10.0. The zero-order valence-electron chi connectivity index (χ0n) is 53.8. The molecule has 3 aliphatic heterocycles. The Bertz CT molecular complexity index is 2990. The van der Waals surface area contributed by atoms with E-state index >= 15 is 0 Å². The fourth-order valence-corrected chi connectivity index (χ4v) is 12.0. The van der Waals surface area contributed by atoms with Gasteiger partial charge in [-0.1, -0.05) is 36.8 Å². The number of rotatable bonds is 42. The first kappa shape index (κ1) is 79.8. The SMILES string of the molecule is CC(NC(=O)C(Cc1ccccc1)NC(=O)C(CO)NC(=O)C(CO)NC(=O)C(NC(=O)C(CCCN=C(N)N)NC(=O)C1CCCN1C(=O)C(CCCN=C(N)N)NC(=O)CNC(=O)CCCCC1SCC2NC(=O)NC21)C(C)O)C(=O)NC(CCC(=O)O)C(=O)NCC(=O)O. The van der Waals surface area contributed by atoms with Gasteiger partial charge in [0.1, 0.15) is 60.9 Å². The number of carboxylic acid groups (broad SMARTS) is 2. The van der Waals surface area contributed by atoms with Gasteiger partial charge < -0.3 is 117 Å². The largest absolute Gasteiger partial charge is 0.481 e. The molecule has 0 aliphatic carbocycles. The zero-order chi connectivity index (χ0) is 71.9. The number of urea groups is 1. The molecule has 3 fully saturated rings. The number of likely N-dealkylation sites (tertiary alicyclic amines) is 1. The van der Waals surface area contributed by atoms with Gasteiger partial charge in [0.15, 0.2) is 11.9 Å². The summed E-state index contributed by atoms with van der Waals surface area (Å²) in [6.07, 6.45) is -0.600. The van der Waals surface area contributed by atoms with Crippen molar-refractivity contribution in [1.82, 2.24) is 68.7 Å². The predicted molar refractivity (Wildman–Crippen MR) is 346 cm³/mol. The van der Waals surface area contributed by atoms with Gasteiger partial charge in [-0.05, 0) is 77.2 Å². The van der Waals surface area contributed by atoms with Crippen molar-refractivity contribution in [3.8, 4) is 0 Å². The van der Waals surface area contributed by atoms with Crippen LogP contribution in [0.3, 0.4) is 0 Å². The van der Waals surface area contributed by atoms with E-state index in [0.717, 1.165) is 19.1 Å². The number of carboxylic acids is 2. The number of aliphatic hydroxyl groups excluding tert-OH is 3. The molecule has 3 saturated heterocycles. The first-order valence-corrected chi connectivity index (χ1v) is 32.5. The number of carbonyl (C=O) groups excluding carboxylic acids is 12. The topological polar surface area (TPSA) is 617 Å². The van der Waals surface area contributed by atoms with Crippen molar-refractivity contribution in [2.75, 3.05) is 51.7 Å². The van der Waals surface area contributed by atoms with Gasteiger partial charge in [0, 0.05) is 49.9 Å². The van der Waals surface area contributed by atoms with Crippen LogP contribution in [0.25, 0.3) is 0 Å². The standard InChI is InChI=1S/C58H91N19O19S/c1-29(47(87)69-33(18-19-43(83)84)48(88)66-25-44(85)86)67-50(90)35(23-31-11-4-3-5-12-31)71-51(91)36(26-78)72-52(92)37(27-79)73-54(94)45(30(2)80)75-49(89)32(13-8-20-63-56(59)60)70-53(93)39-15-10-22-77(39)55(95)34(14-9-21-64-57(61)62)68-42(82)24-65-41(81)17-7-6-16-40-46-38(28-97-40)74-58(96)76-46/h3-5,11-12,29-30,32-40,45-46,78-80H,6-10,13-28H2,1-2H3,(H,65,81)(H,66,88)(H,67,90)(H,68,82)(H,69,87)(H,70,93)(H,71,91)(H,72,92)(H,73,94)(H,75,89)(H,83,84)(H,85,86)(H4,59,60,63)(H4,61,62,64)(H2,74,76,96). The Morgan fingerprint density at radius 3 is 1.78 bits per heavy atom. The Kier molecular flexibility index (Phi) is 33.5. The molecule has 3 heterocycles. The molecular weight excluding hydrogens is 1300 g/mol. The normalized spacial score (nSPS) is 18.8. The minimum atomic E-state index is -1.96. The van der Waals surface area contributed by atoms with E-state index in [9.17, 15) is 82.4 Å². The highest BCUT2D eigenvalue weighted by atomic mass is 32.2. The number of carbonyl (C=O) groups is 14. The maximum Gasteiger partial charge on any atom is 0.322 e. The molecule has 3 aliphatic rings. The number of unbranched alkanes of at least 4 members (excludes halogenated alkanes) is 1. The van der Waals surface area contributed by atoms with Gasteiger partial charge in [-0.25, -0.2) is 4.79 Å². The Hall–Kier alpha value is -9.63. The maximum atomic E-state index is 14.4. The molecule has 0 bridgehead atoms. The number of benzene rings is 1. The minimum absolute atomic E-state index is 0.0120. The minimum Gasteiger partial charge on any atom is -0.481 e. The third kappa shape index (κ3) is 27.6. The van der Waals surface area contributed by atoms with Crippen LogP contribution in [0.4, 0.5) is 4.79 Å². The lowest BCUT2D eigenvalue weighted by Crippen LogP contribution is -2.62. The molecule has 97 heavy (non-hydrogen) atoms. The number of hydrogen-bond donors (Lipinski definition) is 21. The van der Waals surface area contributed by atoms with E-state index in [1.807, 2.05) is 5.32 Å². The van der Waals surface area contributed by atoms with E-state index in [-0.39, 0.29) is 99.9 Å². The number of aliphatic carboxylic acids is 2. The third-order valence-corrected chi connectivity index (χ3v) is 17.1. The highest BCUT2D eigenvalue weighted by Crippen LogP contribution is 2.33. The molecule has 0 aromatic heterocycles. The Morgan fingerprint density at radius 1 is 0.608 bits per heavy atom. The van der Waals surface area contributed by atoms with Gasteiger partial charge in [0.05, 0.1) is 37.9 Å². The summed E-state index contributed by atoms with van der Waals surface area (Å²) in [5.41, 5.74) is 22.5.